The maximum Gasteiger partial charge on any atom is 0.264 e. The molecule has 2 unspecified atom stereocenters. The first kappa shape index (κ1) is 20.6. The molecule has 6 nitrogen and oxygen atoms in total. The Morgan fingerprint density at radius 2 is 1.93 bits per heavy atom. The molecule has 0 radical (unpaired) electrons. The van der Waals surface area contributed by atoms with Crippen LogP contribution in [0.3, 0.4) is 0 Å². The Labute approximate surface area is 180 Å². The van der Waals surface area contributed by atoms with Gasteiger partial charge in [-0.25, -0.2) is 0 Å². The third-order valence-corrected chi connectivity index (χ3v) is 6.77. The molecule has 2 atom stereocenters. The number of carbonyl (C=O) groups excluding carboxylic acids is 2. The van der Waals surface area contributed by atoms with Gasteiger partial charge in [0.2, 0.25) is 0 Å². The lowest BCUT2D eigenvalue weighted by molar-refractivity contribution is -0.168. The monoisotopic (exact) mass is 426 g/mol. The number of benzene rings is 1. The molecule has 1 fully saturated rings. The number of amides is 2. The quantitative estimate of drug-likeness (QED) is 0.526. The van der Waals surface area contributed by atoms with E-state index >= 15 is 0 Å². The Morgan fingerprint density at radius 3 is 2.50 bits per heavy atom. The van der Waals surface area contributed by atoms with Crippen molar-refractivity contribution in [3.8, 4) is 5.75 Å². The molecule has 2 aliphatic rings. The Balaban J connectivity index is 1.46. The van der Waals surface area contributed by atoms with Crippen molar-refractivity contribution in [2.45, 2.75) is 32.0 Å². The molecule has 2 aromatic rings. The molecule has 30 heavy (non-hydrogen) atoms. The summed E-state index contributed by atoms with van der Waals surface area (Å²) in [5.74, 6) is 0.874. The number of aryl methyl sites for hydroxylation is 1. The number of carbonyl (C=O) groups is 2. The highest BCUT2D eigenvalue weighted by Crippen LogP contribution is 2.34. The summed E-state index contributed by atoms with van der Waals surface area (Å²) >= 11 is 1.53. The average molecular weight is 427 g/mol. The van der Waals surface area contributed by atoms with Crippen LogP contribution in [0.25, 0.3) is 0 Å². The number of thiophene rings is 1. The van der Waals surface area contributed by atoms with E-state index in [4.69, 9.17) is 9.47 Å². The zero-order chi connectivity index (χ0) is 21.3. The molecule has 1 saturated heterocycles. The van der Waals surface area contributed by atoms with Crippen molar-refractivity contribution in [2.24, 2.45) is 0 Å². The summed E-state index contributed by atoms with van der Waals surface area (Å²) in [6, 6.07) is 11.5. The molecule has 0 bridgehead atoms. The minimum atomic E-state index is -0.448. The highest BCUT2D eigenvalue weighted by molar-refractivity contribution is 7.13. The van der Waals surface area contributed by atoms with Crippen LogP contribution in [0.1, 0.15) is 26.5 Å². The highest BCUT2D eigenvalue weighted by atomic mass is 32.1. The Hall–Kier alpha value is -2.64. The van der Waals surface area contributed by atoms with E-state index in [2.05, 4.69) is 6.08 Å². The number of ether oxygens (including phenoxy) is 2. The predicted molar refractivity (Wildman–Crippen MR) is 116 cm³/mol. The first-order chi connectivity index (χ1) is 14.5. The minimum absolute atomic E-state index is 0.00628. The van der Waals surface area contributed by atoms with E-state index in [1.54, 1.807) is 14.2 Å². The van der Waals surface area contributed by atoms with Crippen LogP contribution < -0.4 is 4.74 Å². The SMILES string of the molecule is COc1ccc(CN2C(=O)C(OC)C2C2=CCN(C(=O)c3ccc(C)s3)CC2)cc1. The summed E-state index contributed by atoms with van der Waals surface area (Å²) in [5, 5.41) is 0. The standard InChI is InChI=1S/C23H26N2O4S/c1-15-4-9-19(30-15)22(26)24-12-10-17(11-13-24)20-21(29-3)23(27)25(20)14-16-5-7-18(28-2)8-6-16/h4-10,20-21H,11-14H2,1-3H3. The van der Waals surface area contributed by atoms with Gasteiger partial charge in [-0.3, -0.25) is 9.59 Å². The Morgan fingerprint density at radius 1 is 1.17 bits per heavy atom. The molecule has 1 aromatic carbocycles. The van der Waals surface area contributed by atoms with E-state index in [1.807, 2.05) is 53.1 Å². The minimum Gasteiger partial charge on any atom is -0.497 e. The predicted octanol–water partition coefficient (Wildman–Crippen LogP) is 3.26. The van der Waals surface area contributed by atoms with Gasteiger partial charge in [-0.15, -0.1) is 11.3 Å². The van der Waals surface area contributed by atoms with Gasteiger partial charge in [0.15, 0.2) is 6.10 Å². The normalized spacial score (nSPS) is 21.3. The molecule has 2 aliphatic heterocycles. The zero-order valence-corrected chi connectivity index (χ0v) is 18.3. The van der Waals surface area contributed by atoms with Crippen molar-refractivity contribution >= 4 is 23.2 Å². The Bertz CT molecular complexity index is 966. The fourth-order valence-electron chi connectivity index (χ4n) is 4.09. The lowest BCUT2D eigenvalue weighted by Crippen LogP contribution is -2.66. The van der Waals surface area contributed by atoms with Crippen LogP contribution in [0.2, 0.25) is 0 Å². The van der Waals surface area contributed by atoms with Gasteiger partial charge in [-0.1, -0.05) is 18.2 Å². The van der Waals surface area contributed by atoms with E-state index in [9.17, 15) is 9.59 Å². The van der Waals surface area contributed by atoms with Gasteiger partial charge in [-0.2, -0.15) is 0 Å². The van der Waals surface area contributed by atoms with Gasteiger partial charge >= 0.3 is 0 Å². The summed E-state index contributed by atoms with van der Waals surface area (Å²) < 4.78 is 10.7. The van der Waals surface area contributed by atoms with Crippen molar-refractivity contribution in [1.29, 1.82) is 0 Å². The fourth-order valence-corrected chi connectivity index (χ4v) is 4.92. The van der Waals surface area contributed by atoms with E-state index in [0.717, 1.165) is 27.5 Å². The van der Waals surface area contributed by atoms with Crippen molar-refractivity contribution < 1.29 is 19.1 Å². The van der Waals surface area contributed by atoms with Gasteiger partial charge in [0.05, 0.1) is 18.0 Å². The molecule has 3 heterocycles. The zero-order valence-electron chi connectivity index (χ0n) is 17.5. The van der Waals surface area contributed by atoms with Crippen LogP contribution in [-0.2, 0) is 16.1 Å². The van der Waals surface area contributed by atoms with Gasteiger partial charge < -0.3 is 19.3 Å². The molecule has 7 heteroatoms. The van der Waals surface area contributed by atoms with Gasteiger partial charge in [-0.05, 0) is 48.7 Å². The van der Waals surface area contributed by atoms with Gasteiger partial charge in [0, 0.05) is 31.6 Å². The van der Waals surface area contributed by atoms with Gasteiger partial charge in [0.25, 0.3) is 11.8 Å². The van der Waals surface area contributed by atoms with Crippen LogP contribution in [-0.4, -0.2) is 61.1 Å². The van der Waals surface area contributed by atoms with Gasteiger partial charge in [0.1, 0.15) is 5.75 Å². The average Bonchev–Trinajstić information content (AvgIpc) is 3.22. The lowest BCUT2D eigenvalue weighted by Gasteiger charge is -2.48. The lowest BCUT2D eigenvalue weighted by atomic mass is 9.86. The highest BCUT2D eigenvalue weighted by Gasteiger charge is 2.49. The number of rotatable bonds is 6. The second-order valence-electron chi connectivity index (χ2n) is 7.61. The van der Waals surface area contributed by atoms with Crippen molar-refractivity contribution in [3.05, 3.63) is 63.4 Å². The number of likely N-dealkylation sites (tertiary alicyclic amines) is 1. The number of β-lactam (4-membered cyclic amide) rings is 1. The first-order valence-electron chi connectivity index (χ1n) is 10.0. The van der Waals surface area contributed by atoms with Crippen molar-refractivity contribution in [3.63, 3.8) is 0 Å². The van der Waals surface area contributed by atoms with E-state index < -0.39 is 6.10 Å². The largest absolute Gasteiger partial charge is 0.497 e. The number of nitrogens with zero attached hydrogens (tertiary/aromatic N) is 2. The maximum atomic E-state index is 12.7. The molecule has 0 spiro atoms. The summed E-state index contributed by atoms with van der Waals surface area (Å²) in [6.07, 6.45) is 2.38. The van der Waals surface area contributed by atoms with E-state index in [0.29, 0.717) is 19.6 Å². The smallest absolute Gasteiger partial charge is 0.264 e. The van der Waals surface area contributed by atoms with E-state index in [1.165, 1.54) is 16.9 Å². The molecular weight excluding hydrogens is 400 g/mol. The molecule has 1 aromatic heterocycles. The molecule has 4 rings (SSSR count). The third-order valence-electron chi connectivity index (χ3n) is 5.78. The van der Waals surface area contributed by atoms with Crippen molar-refractivity contribution in [1.82, 2.24) is 9.80 Å². The van der Waals surface area contributed by atoms with Crippen LogP contribution in [0.4, 0.5) is 0 Å². The van der Waals surface area contributed by atoms with Crippen LogP contribution in [0.15, 0.2) is 48.0 Å². The molecule has 0 N–H and O–H groups in total. The third kappa shape index (κ3) is 3.87. The first-order valence-corrected chi connectivity index (χ1v) is 10.8. The summed E-state index contributed by atoms with van der Waals surface area (Å²) in [5.41, 5.74) is 2.21. The van der Waals surface area contributed by atoms with Crippen molar-refractivity contribution in [2.75, 3.05) is 27.3 Å². The fraction of sp³-hybridized carbons (Fsp3) is 0.391. The molecular formula is C23H26N2O4S. The van der Waals surface area contributed by atoms with Crippen LogP contribution >= 0.6 is 11.3 Å². The van der Waals surface area contributed by atoms with E-state index in [-0.39, 0.29) is 17.9 Å². The maximum absolute atomic E-state index is 12.7. The van der Waals surface area contributed by atoms with Crippen LogP contribution in [0, 0.1) is 6.92 Å². The summed E-state index contributed by atoms with van der Waals surface area (Å²) in [4.78, 5) is 31.0. The summed E-state index contributed by atoms with van der Waals surface area (Å²) in [6.45, 7) is 3.75. The second kappa shape index (κ2) is 8.62. The molecule has 0 aliphatic carbocycles. The summed E-state index contributed by atoms with van der Waals surface area (Å²) in [7, 11) is 3.22. The molecule has 2 amide bonds. The molecule has 0 saturated carbocycles. The topological polar surface area (TPSA) is 59.1 Å². The Kier molecular flexibility index (Phi) is 5.92. The molecule has 158 valence electrons. The number of hydrogen-bond donors (Lipinski definition) is 0. The second-order valence-corrected chi connectivity index (χ2v) is 8.89. The number of hydrogen-bond acceptors (Lipinski definition) is 5. The van der Waals surface area contributed by atoms with Crippen LogP contribution in [0.5, 0.6) is 5.75 Å². The number of methoxy groups -OCH3 is 2.